The fraction of sp³-hybridized carbons (Fsp3) is 0.462. The molecule has 1 atom stereocenters. The maximum absolute atomic E-state index is 9.46. The molecule has 0 spiro atoms. The molecule has 0 saturated heterocycles. The summed E-state index contributed by atoms with van der Waals surface area (Å²) in [5.41, 5.74) is 1.71. The van der Waals surface area contributed by atoms with Gasteiger partial charge in [-0.05, 0) is 31.5 Å². The predicted molar refractivity (Wildman–Crippen MR) is 70.2 cm³/mol. The van der Waals surface area contributed by atoms with E-state index in [0.29, 0.717) is 18.0 Å². The van der Waals surface area contributed by atoms with Crippen LogP contribution < -0.4 is 4.90 Å². The highest BCUT2D eigenvalue weighted by atomic mass is 35.5. The maximum atomic E-state index is 9.46. The largest absolute Gasteiger partial charge is 0.389 e. The summed E-state index contributed by atoms with van der Waals surface area (Å²) in [6.45, 7) is 5.20. The Labute approximate surface area is 107 Å². The van der Waals surface area contributed by atoms with Crippen LogP contribution in [0.2, 0.25) is 5.02 Å². The molecule has 4 heteroatoms. The highest BCUT2D eigenvalue weighted by molar-refractivity contribution is 6.33. The van der Waals surface area contributed by atoms with Gasteiger partial charge in [-0.15, -0.1) is 0 Å². The van der Waals surface area contributed by atoms with Crippen LogP contribution in [0.5, 0.6) is 0 Å². The first-order valence-electron chi connectivity index (χ1n) is 5.69. The maximum Gasteiger partial charge on any atom is 0.0762 e. The van der Waals surface area contributed by atoms with Crippen LogP contribution in [0.1, 0.15) is 31.9 Å². The summed E-state index contributed by atoms with van der Waals surface area (Å²) in [6, 6.07) is 7.66. The molecular formula is C13H17ClN2O. The molecule has 0 aliphatic rings. The van der Waals surface area contributed by atoms with Gasteiger partial charge in [-0.25, -0.2) is 0 Å². The molecule has 17 heavy (non-hydrogen) atoms. The number of hydrogen-bond acceptors (Lipinski definition) is 3. The molecule has 0 unspecified atom stereocenters. The quantitative estimate of drug-likeness (QED) is 0.876. The molecule has 1 N–H and O–H groups in total. The summed E-state index contributed by atoms with van der Waals surface area (Å²) in [5.74, 6) is 0. The van der Waals surface area contributed by atoms with Gasteiger partial charge in [0.2, 0.25) is 0 Å². The zero-order valence-corrected chi connectivity index (χ0v) is 10.9. The van der Waals surface area contributed by atoms with E-state index < -0.39 is 6.10 Å². The SMILES string of the molecule is CCN(CCC#N)c1ccc([C@@H](C)O)cc1Cl. The second-order valence-electron chi connectivity index (χ2n) is 3.87. The highest BCUT2D eigenvalue weighted by Gasteiger charge is 2.10. The van der Waals surface area contributed by atoms with Crippen molar-refractivity contribution in [3.63, 3.8) is 0 Å². The number of nitriles is 1. The molecule has 1 rings (SSSR count). The van der Waals surface area contributed by atoms with E-state index in [-0.39, 0.29) is 0 Å². The van der Waals surface area contributed by atoms with Gasteiger partial charge < -0.3 is 10.0 Å². The molecular weight excluding hydrogens is 236 g/mol. The molecule has 0 aliphatic heterocycles. The van der Waals surface area contributed by atoms with E-state index in [1.165, 1.54) is 0 Å². The molecule has 1 aromatic carbocycles. The first-order valence-corrected chi connectivity index (χ1v) is 6.07. The van der Waals surface area contributed by atoms with Gasteiger partial charge in [-0.2, -0.15) is 5.26 Å². The van der Waals surface area contributed by atoms with Crippen molar-refractivity contribution in [3.05, 3.63) is 28.8 Å². The lowest BCUT2D eigenvalue weighted by molar-refractivity contribution is 0.199. The number of benzene rings is 1. The minimum absolute atomic E-state index is 0.475. The van der Waals surface area contributed by atoms with Crippen molar-refractivity contribution in [3.8, 4) is 6.07 Å². The Morgan fingerprint density at radius 3 is 2.71 bits per heavy atom. The Morgan fingerprint density at radius 2 is 2.24 bits per heavy atom. The Balaban J connectivity index is 2.93. The third-order valence-corrected chi connectivity index (χ3v) is 2.97. The summed E-state index contributed by atoms with van der Waals surface area (Å²) in [5, 5.41) is 18.7. The van der Waals surface area contributed by atoms with Crippen molar-refractivity contribution in [2.45, 2.75) is 26.4 Å². The summed E-state index contributed by atoms with van der Waals surface area (Å²) >= 11 is 6.19. The van der Waals surface area contributed by atoms with E-state index in [9.17, 15) is 5.11 Å². The number of halogens is 1. The number of aliphatic hydroxyl groups excluding tert-OH is 1. The molecule has 0 amide bonds. The van der Waals surface area contributed by atoms with Crippen molar-refractivity contribution in [1.29, 1.82) is 5.26 Å². The van der Waals surface area contributed by atoms with Crippen molar-refractivity contribution in [1.82, 2.24) is 0 Å². The Morgan fingerprint density at radius 1 is 1.53 bits per heavy atom. The lowest BCUT2D eigenvalue weighted by Crippen LogP contribution is -2.24. The number of hydrogen-bond donors (Lipinski definition) is 1. The lowest BCUT2D eigenvalue weighted by Gasteiger charge is -2.23. The third kappa shape index (κ3) is 3.62. The summed E-state index contributed by atoms with van der Waals surface area (Å²) in [7, 11) is 0. The molecule has 0 bridgehead atoms. The Bertz CT molecular complexity index is 412. The van der Waals surface area contributed by atoms with Crippen molar-refractivity contribution in [2.24, 2.45) is 0 Å². The minimum atomic E-state index is -0.518. The number of anilines is 1. The van der Waals surface area contributed by atoms with E-state index in [2.05, 4.69) is 11.0 Å². The molecule has 0 radical (unpaired) electrons. The van der Waals surface area contributed by atoms with Crippen LogP contribution in [0.25, 0.3) is 0 Å². The van der Waals surface area contributed by atoms with E-state index in [1.807, 2.05) is 19.1 Å². The molecule has 3 nitrogen and oxygen atoms in total. The molecule has 1 aromatic rings. The lowest BCUT2D eigenvalue weighted by atomic mass is 10.1. The Hall–Kier alpha value is -1.24. The fourth-order valence-corrected chi connectivity index (χ4v) is 1.98. The Kier molecular flexibility index (Phi) is 5.27. The summed E-state index contributed by atoms with van der Waals surface area (Å²) < 4.78 is 0. The van der Waals surface area contributed by atoms with Crippen LogP contribution in [0.4, 0.5) is 5.69 Å². The summed E-state index contributed by atoms with van der Waals surface area (Å²) in [6.07, 6.45) is -0.0433. The molecule has 0 aliphatic carbocycles. The van der Waals surface area contributed by atoms with Crippen molar-refractivity contribution >= 4 is 17.3 Å². The smallest absolute Gasteiger partial charge is 0.0762 e. The average molecular weight is 253 g/mol. The second kappa shape index (κ2) is 6.48. The predicted octanol–water partition coefficient (Wildman–Crippen LogP) is 3.13. The number of aliphatic hydroxyl groups is 1. The zero-order valence-electron chi connectivity index (χ0n) is 10.2. The minimum Gasteiger partial charge on any atom is -0.389 e. The first-order chi connectivity index (χ1) is 8.10. The normalized spacial score (nSPS) is 11.9. The third-order valence-electron chi connectivity index (χ3n) is 2.67. The van der Waals surface area contributed by atoms with Crippen LogP contribution >= 0.6 is 11.6 Å². The van der Waals surface area contributed by atoms with Gasteiger partial charge in [0.25, 0.3) is 0 Å². The summed E-state index contributed by atoms with van der Waals surface area (Å²) in [4.78, 5) is 2.05. The molecule has 0 saturated carbocycles. The fourth-order valence-electron chi connectivity index (χ4n) is 1.67. The van der Waals surface area contributed by atoms with Crippen molar-refractivity contribution in [2.75, 3.05) is 18.0 Å². The van der Waals surface area contributed by atoms with Gasteiger partial charge in [-0.3, -0.25) is 0 Å². The van der Waals surface area contributed by atoms with E-state index in [1.54, 1.807) is 13.0 Å². The number of nitrogens with zero attached hydrogens (tertiary/aromatic N) is 2. The van der Waals surface area contributed by atoms with Crippen molar-refractivity contribution < 1.29 is 5.11 Å². The van der Waals surface area contributed by atoms with Gasteiger partial charge in [0.15, 0.2) is 0 Å². The van der Waals surface area contributed by atoms with Gasteiger partial charge >= 0.3 is 0 Å². The molecule has 92 valence electrons. The average Bonchev–Trinajstić information content (AvgIpc) is 2.31. The monoisotopic (exact) mass is 252 g/mol. The van der Waals surface area contributed by atoms with Crippen LogP contribution in [-0.2, 0) is 0 Å². The van der Waals surface area contributed by atoms with Gasteiger partial charge in [-0.1, -0.05) is 17.7 Å². The first kappa shape index (κ1) is 13.8. The number of rotatable bonds is 5. The van der Waals surface area contributed by atoms with Crippen LogP contribution in [0.3, 0.4) is 0 Å². The van der Waals surface area contributed by atoms with E-state index in [0.717, 1.165) is 17.8 Å². The zero-order chi connectivity index (χ0) is 12.8. The van der Waals surface area contributed by atoms with Gasteiger partial charge in [0, 0.05) is 13.1 Å². The molecule has 0 heterocycles. The van der Waals surface area contributed by atoms with Crippen LogP contribution in [-0.4, -0.2) is 18.2 Å². The van der Waals surface area contributed by atoms with E-state index >= 15 is 0 Å². The second-order valence-corrected chi connectivity index (χ2v) is 4.28. The highest BCUT2D eigenvalue weighted by Crippen LogP contribution is 2.29. The van der Waals surface area contributed by atoms with Crippen LogP contribution in [0, 0.1) is 11.3 Å². The van der Waals surface area contributed by atoms with Crippen LogP contribution in [0.15, 0.2) is 18.2 Å². The van der Waals surface area contributed by atoms with Gasteiger partial charge in [0.05, 0.1) is 29.3 Å². The molecule has 0 fully saturated rings. The van der Waals surface area contributed by atoms with Gasteiger partial charge in [0.1, 0.15) is 0 Å². The topological polar surface area (TPSA) is 47.3 Å². The van der Waals surface area contributed by atoms with E-state index in [4.69, 9.17) is 16.9 Å². The molecule has 0 aromatic heterocycles. The standard InChI is InChI=1S/C13H17ClN2O/c1-3-16(8-4-7-15)13-6-5-11(10(2)17)9-12(13)14/h5-6,9-10,17H,3-4,8H2,1-2H3/t10-/m1/s1.